The van der Waals surface area contributed by atoms with Gasteiger partial charge in [-0.1, -0.05) is 17.7 Å². The SMILES string of the molecule is C=CCc1cc(C=C2C(=O)NC(=O)N(c3ccc(Cl)cc3)C2=O)cc(OC)c1OCC(=O)OC. The number of carbonyl (C=O) groups is 4. The number of benzene rings is 2. The van der Waals surface area contributed by atoms with Crippen molar-refractivity contribution in [2.75, 3.05) is 25.7 Å². The number of halogens is 1. The molecule has 2 aromatic carbocycles. The molecule has 1 aliphatic heterocycles. The largest absolute Gasteiger partial charge is 0.493 e. The number of esters is 1. The topological polar surface area (TPSA) is 111 Å². The van der Waals surface area contributed by atoms with Crippen LogP contribution < -0.4 is 19.7 Å². The zero-order valence-electron chi connectivity index (χ0n) is 18.4. The zero-order chi connectivity index (χ0) is 24.8. The van der Waals surface area contributed by atoms with E-state index in [1.807, 2.05) is 0 Å². The van der Waals surface area contributed by atoms with Gasteiger partial charge in [0.1, 0.15) is 5.57 Å². The maximum Gasteiger partial charge on any atom is 0.343 e. The summed E-state index contributed by atoms with van der Waals surface area (Å²) in [5.74, 6) is -1.65. The third-order valence-electron chi connectivity index (χ3n) is 4.80. The molecule has 1 aliphatic rings. The van der Waals surface area contributed by atoms with Crippen LogP contribution in [0.5, 0.6) is 11.5 Å². The van der Waals surface area contributed by atoms with Crippen molar-refractivity contribution in [2.45, 2.75) is 6.42 Å². The molecule has 1 N–H and O–H groups in total. The molecule has 9 nitrogen and oxygen atoms in total. The summed E-state index contributed by atoms with van der Waals surface area (Å²) in [7, 11) is 2.65. The number of amides is 4. The van der Waals surface area contributed by atoms with Crippen molar-refractivity contribution < 1.29 is 33.4 Å². The number of ether oxygens (including phenoxy) is 3. The molecule has 2 aromatic rings. The third-order valence-corrected chi connectivity index (χ3v) is 5.05. The van der Waals surface area contributed by atoms with Gasteiger partial charge in [0, 0.05) is 10.6 Å². The lowest BCUT2D eigenvalue weighted by Crippen LogP contribution is -2.54. The summed E-state index contributed by atoms with van der Waals surface area (Å²) in [6.45, 7) is 3.38. The van der Waals surface area contributed by atoms with Gasteiger partial charge < -0.3 is 14.2 Å². The lowest BCUT2D eigenvalue weighted by atomic mass is 10.0. The number of rotatable bonds is 8. The molecule has 176 valence electrons. The van der Waals surface area contributed by atoms with Gasteiger partial charge in [0.05, 0.1) is 19.9 Å². The Labute approximate surface area is 200 Å². The molecule has 0 bridgehead atoms. The van der Waals surface area contributed by atoms with Crippen molar-refractivity contribution in [2.24, 2.45) is 0 Å². The minimum absolute atomic E-state index is 0.252. The molecule has 3 rings (SSSR count). The zero-order valence-corrected chi connectivity index (χ0v) is 19.2. The van der Waals surface area contributed by atoms with E-state index >= 15 is 0 Å². The first-order valence-electron chi connectivity index (χ1n) is 9.97. The number of urea groups is 1. The highest BCUT2D eigenvalue weighted by Gasteiger charge is 2.36. The fourth-order valence-electron chi connectivity index (χ4n) is 3.23. The van der Waals surface area contributed by atoms with Crippen LogP contribution in [0.3, 0.4) is 0 Å². The fraction of sp³-hybridized carbons (Fsp3) is 0.167. The molecule has 1 heterocycles. The monoisotopic (exact) mass is 484 g/mol. The van der Waals surface area contributed by atoms with Crippen LogP contribution in [-0.4, -0.2) is 44.6 Å². The highest BCUT2D eigenvalue weighted by atomic mass is 35.5. The van der Waals surface area contributed by atoms with Crippen LogP contribution in [0, 0.1) is 0 Å². The van der Waals surface area contributed by atoms with Crippen molar-refractivity contribution in [1.29, 1.82) is 0 Å². The number of nitrogens with one attached hydrogen (secondary N) is 1. The Hall–Kier alpha value is -4.11. The molecular weight excluding hydrogens is 464 g/mol. The normalized spacial score (nSPS) is 14.6. The van der Waals surface area contributed by atoms with E-state index in [1.165, 1.54) is 50.6 Å². The summed E-state index contributed by atoms with van der Waals surface area (Å²) >= 11 is 5.89. The number of carbonyl (C=O) groups excluding carboxylic acids is 4. The van der Waals surface area contributed by atoms with E-state index in [-0.39, 0.29) is 23.6 Å². The molecule has 0 unspecified atom stereocenters. The fourth-order valence-corrected chi connectivity index (χ4v) is 3.35. The molecule has 0 saturated carbocycles. The average molecular weight is 485 g/mol. The second-order valence-corrected chi connectivity index (χ2v) is 7.44. The van der Waals surface area contributed by atoms with Crippen molar-refractivity contribution in [1.82, 2.24) is 5.32 Å². The maximum atomic E-state index is 13.1. The Morgan fingerprint density at radius 2 is 1.85 bits per heavy atom. The number of anilines is 1. The first kappa shape index (κ1) is 24.5. The molecule has 0 radical (unpaired) electrons. The van der Waals surface area contributed by atoms with E-state index in [4.69, 9.17) is 21.1 Å². The number of hydrogen-bond donors (Lipinski definition) is 1. The predicted octanol–water partition coefficient (Wildman–Crippen LogP) is 3.30. The Morgan fingerprint density at radius 1 is 1.15 bits per heavy atom. The number of allylic oxidation sites excluding steroid dienone is 1. The van der Waals surface area contributed by atoms with Crippen LogP contribution in [0.15, 0.2) is 54.6 Å². The number of hydrogen-bond acceptors (Lipinski definition) is 7. The van der Waals surface area contributed by atoms with Crippen molar-refractivity contribution in [3.05, 3.63) is 70.8 Å². The van der Waals surface area contributed by atoms with E-state index in [2.05, 4.69) is 16.6 Å². The molecule has 1 fully saturated rings. The lowest BCUT2D eigenvalue weighted by molar-refractivity contribution is -0.143. The highest BCUT2D eigenvalue weighted by Crippen LogP contribution is 2.35. The maximum absolute atomic E-state index is 13.1. The second kappa shape index (κ2) is 10.7. The van der Waals surface area contributed by atoms with Gasteiger partial charge in [-0.25, -0.2) is 14.5 Å². The first-order chi connectivity index (χ1) is 16.3. The van der Waals surface area contributed by atoms with E-state index in [9.17, 15) is 19.2 Å². The Balaban J connectivity index is 2.03. The van der Waals surface area contributed by atoms with Gasteiger partial charge in [0.15, 0.2) is 18.1 Å². The summed E-state index contributed by atoms with van der Waals surface area (Å²) in [5, 5.41) is 2.59. The van der Waals surface area contributed by atoms with Crippen LogP contribution in [0.4, 0.5) is 10.5 Å². The van der Waals surface area contributed by atoms with Crippen molar-refractivity contribution >= 4 is 47.2 Å². The molecule has 0 spiro atoms. The smallest absolute Gasteiger partial charge is 0.343 e. The average Bonchev–Trinajstić information content (AvgIpc) is 2.81. The minimum Gasteiger partial charge on any atom is -0.493 e. The highest BCUT2D eigenvalue weighted by molar-refractivity contribution is 6.39. The van der Waals surface area contributed by atoms with Crippen LogP contribution in [0.2, 0.25) is 5.02 Å². The summed E-state index contributed by atoms with van der Waals surface area (Å²) < 4.78 is 15.6. The molecule has 1 saturated heterocycles. The molecule has 10 heteroatoms. The van der Waals surface area contributed by atoms with Gasteiger partial charge in [-0.05, 0) is 54.5 Å². The van der Waals surface area contributed by atoms with E-state index in [0.717, 1.165) is 4.90 Å². The van der Waals surface area contributed by atoms with Gasteiger partial charge in [-0.3, -0.25) is 14.9 Å². The summed E-state index contributed by atoms with van der Waals surface area (Å²) in [6, 6.07) is 8.36. The summed E-state index contributed by atoms with van der Waals surface area (Å²) in [6.07, 6.45) is 3.31. The van der Waals surface area contributed by atoms with Gasteiger partial charge in [-0.15, -0.1) is 6.58 Å². The number of barbiturate groups is 1. The van der Waals surface area contributed by atoms with Gasteiger partial charge in [0.2, 0.25) is 0 Å². The second-order valence-electron chi connectivity index (χ2n) is 7.00. The summed E-state index contributed by atoms with van der Waals surface area (Å²) in [5.41, 5.74) is 1.02. The minimum atomic E-state index is -0.869. The number of nitrogens with zero attached hydrogens (tertiary/aromatic N) is 1. The van der Waals surface area contributed by atoms with E-state index in [0.29, 0.717) is 28.3 Å². The number of imide groups is 2. The molecule has 0 aromatic heterocycles. The van der Waals surface area contributed by atoms with E-state index in [1.54, 1.807) is 12.1 Å². The van der Waals surface area contributed by atoms with Gasteiger partial charge in [0.25, 0.3) is 11.8 Å². The van der Waals surface area contributed by atoms with E-state index < -0.39 is 23.8 Å². The van der Waals surface area contributed by atoms with Crippen LogP contribution in [0.1, 0.15) is 11.1 Å². The first-order valence-corrected chi connectivity index (χ1v) is 10.3. The molecule has 34 heavy (non-hydrogen) atoms. The Morgan fingerprint density at radius 3 is 2.47 bits per heavy atom. The lowest BCUT2D eigenvalue weighted by Gasteiger charge is -2.26. The van der Waals surface area contributed by atoms with Crippen LogP contribution in [0.25, 0.3) is 6.08 Å². The third kappa shape index (κ3) is 5.26. The number of methoxy groups -OCH3 is 2. The van der Waals surface area contributed by atoms with Gasteiger partial charge in [-0.2, -0.15) is 0 Å². The molecule has 4 amide bonds. The predicted molar refractivity (Wildman–Crippen MR) is 125 cm³/mol. The molecule has 0 aliphatic carbocycles. The Kier molecular flexibility index (Phi) is 7.70. The quantitative estimate of drug-likeness (QED) is 0.265. The van der Waals surface area contributed by atoms with Crippen LogP contribution in [-0.2, 0) is 25.5 Å². The standard InChI is InChI=1S/C24H21ClN2O7/c1-4-5-15-10-14(12-19(32-2)21(15)34-13-20(28)33-3)11-18-22(29)26-24(31)27(23(18)30)17-8-6-16(25)7-9-17/h4,6-12H,1,5,13H2,2-3H3,(H,26,29,31). The van der Waals surface area contributed by atoms with Crippen molar-refractivity contribution in [3.63, 3.8) is 0 Å². The molecule has 0 atom stereocenters. The van der Waals surface area contributed by atoms with Gasteiger partial charge >= 0.3 is 12.0 Å². The van der Waals surface area contributed by atoms with Crippen LogP contribution >= 0.6 is 11.6 Å². The van der Waals surface area contributed by atoms with Crippen molar-refractivity contribution in [3.8, 4) is 11.5 Å². The molecular formula is C24H21ClN2O7. The summed E-state index contributed by atoms with van der Waals surface area (Å²) in [4.78, 5) is 50.3. The Bertz CT molecular complexity index is 1190.